The van der Waals surface area contributed by atoms with E-state index in [2.05, 4.69) is 11.8 Å². The molecule has 2 N–H and O–H groups in total. The molecule has 1 saturated heterocycles. The van der Waals surface area contributed by atoms with Crippen LogP contribution in [0.25, 0.3) is 0 Å². The number of nitrogens with zero attached hydrogens (tertiary/aromatic N) is 1. The molecule has 1 spiro atoms. The monoisotopic (exact) mass is 294 g/mol. The van der Waals surface area contributed by atoms with Gasteiger partial charge in [0.05, 0.1) is 17.7 Å². The molecular weight excluding hydrogens is 276 g/mol. The molecule has 1 aromatic rings. The standard InChI is InChI=1S/C15H19ClN2O2/c1-2-18-5-3-15(4-6-18)9-13(19)11-7-10(16)8-12(17)14(11)20-15/h7-8H,2-6,9,17H2,1H3. The second-order valence-electron chi connectivity index (χ2n) is 5.69. The van der Waals surface area contributed by atoms with Crippen LogP contribution in [0.4, 0.5) is 5.69 Å². The number of hydrogen-bond acceptors (Lipinski definition) is 4. The van der Waals surface area contributed by atoms with Gasteiger partial charge in [0.2, 0.25) is 0 Å². The minimum Gasteiger partial charge on any atom is -0.484 e. The van der Waals surface area contributed by atoms with Gasteiger partial charge in [-0.15, -0.1) is 0 Å². The van der Waals surface area contributed by atoms with Crippen LogP contribution in [0.2, 0.25) is 5.02 Å². The molecule has 1 aromatic carbocycles. The van der Waals surface area contributed by atoms with Crippen molar-refractivity contribution in [1.29, 1.82) is 0 Å². The van der Waals surface area contributed by atoms with Crippen LogP contribution in [0, 0.1) is 0 Å². The largest absolute Gasteiger partial charge is 0.484 e. The van der Waals surface area contributed by atoms with Crippen LogP contribution in [0.1, 0.15) is 36.5 Å². The van der Waals surface area contributed by atoms with Gasteiger partial charge in [0.25, 0.3) is 0 Å². The van der Waals surface area contributed by atoms with Crippen molar-refractivity contribution in [3.63, 3.8) is 0 Å². The lowest BCUT2D eigenvalue weighted by molar-refractivity contribution is -0.00725. The summed E-state index contributed by atoms with van der Waals surface area (Å²) in [7, 11) is 0. The van der Waals surface area contributed by atoms with Crippen molar-refractivity contribution in [2.24, 2.45) is 0 Å². The third kappa shape index (κ3) is 2.27. The van der Waals surface area contributed by atoms with Gasteiger partial charge < -0.3 is 15.4 Å². The number of carbonyl (C=O) groups is 1. The molecule has 1 fully saturated rings. The number of ketones is 1. The summed E-state index contributed by atoms with van der Waals surface area (Å²) in [4.78, 5) is 14.8. The zero-order valence-corrected chi connectivity index (χ0v) is 12.4. The summed E-state index contributed by atoms with van der Waals surface area (Å²) in [6.07, 6.45) is 2.17. The smallest absolute Gasteiger partial charge is 0.170 e. The van der Waals surface area contributed by atoms with Crippen LogP contribution in [-0.2, 0) is 0 Å². The van der Waals surface area contributed by atoms with Crippen LogP contribution in [0.15, 0.2) is 12.1 Å². The molecule has 2 aliphatic rings. The molecule has 2 aliphatic heterocycles. The van der Waals surface area contributed by atoms with Crippen molar-refractivity contribution in [3.05, 3.63) is 22.7 Å². The Labute approximate surface area is 123 Å². The molecule has 108 valence electrons. The number of nitrogen functional groups attached to an aromatic ring is 1. The number of piperidine rings is 1. The highest BCUT2D eigenvalue weighted by Gasteiger charge is 2.43. The molecule has 3 rings (SSSR count). The van der Waals surface area contributed by atoms with Crippen LogP contribution in [0.3, 0.4) is 0 Å². The van der Waals surface area contributed by atoms with E-state index in [0.29, 0.717) is 28.4 Å². The third-order valence-corrected chi connectivity index (χ3v) is 4.62. The fourth-order valence-corrected chi connectivity index (χ4v) is 3.36. The first-order valence-corrected chi connectivity index (χ1v) is 7.44. The SMILES string of the molecule is CCN1CCC2(CC1)CC(=O)c1cc(Cl)cc(N)c1O2. The first-order valence-electron chi connectivity index (χ1n) is 7.06. The fraction of sp³-hybridized carbons (Fsp3) is 0.533. The summed E-state index contributed by atoms with van der Waals surface area (Å²) in [6, 6.07) is 3.30. The third-order valence-electron chi connectivity index (χ3n) is 4.40. The molecule has 0 aromatic heterocycles. The van der Waals surface area contributed by atoms with Crippen LogP contribution in [-0.4, -0.2) is 35.9 Å². The van der Waals surface area contributed by atoms with Crippen LogP contribution >= 0.6 is 11.6 Å². The molecule has 0 saturated carbocycles. The molecule has 2 heterocycles. The summed E-state index contributed by atoms with van der Waals surface area (Å²) in [6.45, 7) is 5.12. The number of Topliss-reactive ketones (excluding diaryl/α,β-unsaturated/α-hetero) is 1. The Kier molecular flexibility index (Phi) is 3.38. The molecule has 0 radical (unpaired) electrons. The summed E-state index contributed by atoms with van der Waals surface area (Å²) < 4.78 is 6.18. The van der Waals surface area contributed by atoms with E-state index >= 15 is 0 Å². The normalized spacial score (nSPS) is 21.6. The number of fused-ring (bicyclic) bond motifs is 1. The van der Waals surface area contributed by atoms with E-state index < -0.39 is 0 Å². The predicted molar refractivity (Wildman–Crippen MR) is 79.5 cm³/mol. The van der Waals surface area contributed by atoms with E-state index in [0.717, 1.165) is 32.5 Å². The highest BCUT2D eigenvalue weighted by Crippen LogP contribution is 2.43. The minimum atomic E-state index is -0.377. The van der Waals surface area contributed by atoms with Gasteiger partial charge in [-0.1, -0.05) is 18.5 Å². The molecule has 0 amide bonds. The van der Waals surface area contributed by atoms with E-state index in [1.807, 2.05) is 0 Å². The van der Waals surface area contributed by atoms with Gasteiger partial charge in [-0.05, 0) is 18.7 Å². The van der Waals surface area contributed by atoms with Gasteiger partial charge in [-0.25, -0.2) is 0 Å². The van der Waals surface area contributed by atoms with Crippen molar-refractivity contribution in [2.75, 3.05) is 25.4 Å². The number of nitrogens with two attached hydrogens (primary N) is 1. The van der Waals surface area contributed by atoms with E-state index in [9.17, 15) is 4.79 Å². The second-order valence-corrected chi connectivity index (χ2v) is 6.13. The van der Waals surface area contributed by atoms with Gasteiger partial charge in [0, 0.05) is 31.0 Å². The maximum Gasteiger partial charge on any atom is 0.170 e. The van der Waals surface area contributed by atoms with Gasteiger partial charge in [-0.2, -0.15) is 0 Å². The average Bonchev–Trinajstić information content (AvgIpc) is 2.41. The molecule has 0 atom stereocenters. The lowest BCUT2D eigenvalue weighted by Gasteiger charge is -2.44. The molecular formula is C15H19ClN2O2. The second kappa shape index (κ2) is 4.93. The van der Waals surface area contributed by atoms with Gasteiger partial charge in [0.1, 0.15) is 5.60 Å². The lowest BCUT2D eigenvalue weighted by Crippen LogP contribution is -2.51. The van der Waals surface area contributed by atoms with E-state index in [4.69, 9.17) is 22.1 Å². The number of likely N-dealkylation sites (tertiary alicyclic amines) is 1. The summed E-state index contributed by atoms with van der Waals surface area (Å²) in [5.41, 5.74) is 6.58. The lowest BCUT2D eigenvalue weighted by atomic mass is 9.82. The molecule has 20 heavy (non-hydrogen) atoms. The minimum absolute atomic E-state index is 0.0883. The topological polar surface area (TPSA) is 55.6 Å². The first kappa shape index (κ1) is 13.7. The van der Waals surface area contributed by atoms with Gasteiger partial charge in [0.15, 0.2) is 11.5 Å². The molecule has 4 nitrogen and oxygen atoms in total. The van der Waals surface area contributed by atoms with E-state index in [1.54, 1.807) is 12.1 Å². The average molecular weight is 295 g/mol. The predicted octanol–water partition coefficient (Wildman–Crippen LogP) is 2.74. The number of anilines is 1. The summed E-state index contributed by atoms with van der Waals surface area (Å²) >= 11 is 5.97. The highest BCUT2D eigenvalue weighted by atomic mass is 35.5. The Balaban J connectivity index is 1.91. The molecule has 0 unspecified atom stereocenters. The van der Waals surface area contributed by atoms with Gasteiger partial charge in [-0.3, -0.25) is 4.79 Å². The maximum atomic E-state index is 12.4. The fourth-order valence-electron chi connectivity index (χ4n) is 3.13. The zero-order chi connectivity index (χ0) is 14.3. The summed E-state index contributed by atoms with van der Waals surface area (Å²) in [5, 5.41) is 0.481. The Morgan fingerprint density at radius 1 is 1.40 bits per heavy atom. The Bertz CT molecular complexity index is 551. The van der Waals surface area contributed by atoms with Crippen molar-refractivity contribution < 1.29 is 9.53 Å². The van der Waals surface area contributed by atoms with Crippen molar-refractivity contribution in [3.8, 4) is 5.75 Å². The zero-order valence-electron chi connectivity index (χ0n) is 11.6. The van der Waals surface area contributed by atoms with E-state index in [1.165, 1.54) is 0 Å². The van der Waals surface area contributed by atoms with E-state index in [-0.39, 0.29) is 11.4 Å². The number of rotatable bonds is 1. The quantitative estimate of drug-likeness (QED) is 0.809. The van der Waals surface area contributed by atoms with Crippen molar-refractivity contribution in [1.82, 2.24) is 4.90 Å². The Morgan fingerprint density at radius 3 is 2.75 bits per heavy atom. The number of carbonyl (C=O) groups excluding carboxylic acids is 1. The number of halogens is 1. The van der Waals surface area contributed by atoms with Crippen LogP contribution < -0.4 is 10.5 Å². The first-order chi connectivity index (χ1) is 9.53. The molecule has 0 bridgehead atoms. The van der Waals surface area contributed by atoms with Crippen molar-refractivity contribution in [2.45, 2.75) is 31.8 Å². The highest BCUT2D eigenvalue weighted by molar-refractivity contribution is 6.31. The maximum absolute atomic E-state index is 12.4. The summed E-state index contributed by atoms with van der Waals surface area (Å²) in [5.74, 6) is 0.612. The Hall–Kier alpha value is -1.26. The number of benzene rings is 1. The molecule has 5 heteroatoms. The molecule has 0 aliphatic carbocycles. The van der Waals surface area contributed by atoms with Crippen molar-refractivity contribution >= 4 is 23.1 Å². The van der Waals surface area contributed by atoms with Gasteiger partial charge >= 0.3 is 0 Å². The van der Waals surface area contributed by atoms with Crippen LogP contribution in [0.5, 0.6) is 5.75 Å². The number of hydrogen-bond donors (Lipinski definition) is 1. The number of ether oxygens (including phenoxy) is 1. The Morgan fingerprint density at radius 2 is 2.10 bits per heavy atom.